The lowest BCUT2D eigenvalue weighted by Gasteiger charge is -2.14. The Bertz CT molecular complexity index is 485. The number of nitrogens with zero attached hydrogens (tertiary/aromatic N) is 3. The summed E-state index contributed by atoms with van der Waals surface area (Å²) < 4.78 is 0.910. The van der Waals surface area contributed by atoms with E-state index in [0.717, 1.165) is 23.5 Å². The molecule has 0 aliphatic carbocycles. The molecule has 16 heavy (non-hydrogen) atoms. The van der Waals surface area contributed by atoms with Crippen LogP contribution in [-0.4, -0.2) is 9.97 Å². The van der Waals surface area contributed by atoms with Crippen molar-refractivity contribution in [2.45, 2.75) is 13.1 Å². The lowest BCUT2D eigenvalue weighted by molar-refractivity contribution is 0.827. The van der Waals surface area contributed by atoms with E-state index in [4.69, 9.17) is 0 Å². The van der Waals surface area contributed by atoms with Gasteiger partial charge < -0.3 is 4.90 Å². The molecule has 1 aromatic carbocycles. The lowest BCUT2D eigenvalue weighted by Crippen LogP contribution is -2.17. The molecule has 0 spiro atoms. The third-order valence-electron chi connectivity index (χ3n) is 2.73. The summed E-state index contributed by atoms with van der Waals surface area (Å²) in [4.78, 5) is 10.8. The van der Waals surface area contributed by atoms with Gasteiger partial charge in [-0.2, -0.15) is 0 Å². The Morgan fingerprint density at radius 2 is 1.56 bits per heavy atom. The predicted molar refractivity (Wildman–Crippen MR) is 66.1 cm³/mol. The van der Waals surface area contributed by atoms with Crippen molar-refractivity contribution in [1.82, 2.24) is 9.97 Å². The molecule has 1 aliphatic heterocycles. The van der Waals surface area contributed by atoms with Crippen molar-refractivity contribution in [3.63, 3.8) is 0 Å². The molecule has 0 N–H and O–H groups in total. The molecule has 2 heterocycles. The Hall–Kier alpha value is -1.42. The highest BCUT2D eigenvalue weighted by atomic mass is 79.9. The highest BCUT2D eigenvalue weighted by molar-refractivity contribution is 9.10. The average Bonchev–Trinajstić information content (AvgIpc) is 2.73. The van der Waals surface area contributed by atoms with Crippen molar-refractivity contribution >= 4 is 21.9 Å². The molecule has 0 amide bonds. The molecule has 80 valence electrons. The summed E-state index contributed by atoms with van der Waals surface area (Å²) in [5.41, 5.74) is 2.74. The summed E-state index contributed by atoms with van der Waals surface area (Å²) in [6.07, 6.45) is 3.57. The zero-order chi connectivity index (χ0) is 11.0. The van der Waals surface area contributed by atoms with Crippen LogP contribution < -0.4 is 4.90 Å². The monoisotopic (exact) mass is 275 g/mol. The van der Waals surface area contributed by atoms with Crippen molar-refractivity contribution < 1.29 is 0 Å². The fraction of sp³-hybridized carbons (Fsp3) is 0.167. The van der Waals surface area contributed by atoms with E-state index >= 15 is 0 Å². The van der Waals surface area contributed by atoms with Crippen LogP contribution in [0.5, 0.6) is 0 Å². The Morgan fingerprint density at radius 3 is 2.12 bits per heavy atom. The zero-order valence-corrected chi connectivity index (χ0v) is 10.2. The van der Waals surface area contributed by atoms with Crippen LogP contribution in [0.4, 0.5) is 5.95 Å². The first kappa shape index (κ1) is 9.78. The normalized spacial score (nSPS) is 13.9. The molecule has 0 atom stereocenters. The van der Waals surface area contributed by atoms with Crippen molar-refractivity contribution in [3.8, 4) is 0 Å². The van der Waals surface area contributed by atoms with E-state index in [1.807, 2.05) is 0 Å². The first-order chi connectivity index (χ1) is 7.83. The average molecular weight is 276 g/mol. The van der Waals surface area contributed by atoms with Gasteiger partial charge in [-0.1, -0.05) is 24.3 Å². The molecule has 0 unspecified atom stereocenters. The first-order valence-corrected chi connectivity index (χ1v) is 5.91. The van der Waals surface area contributed by atoms with E-state index in [0.29, 0.717) is 0 Å². The van der Waals surface area contributed by atoms with E-state index < -0.39 is 0 Å². The third kappa shape index (κ3) is 1.69. The van der Waals surface area contributed by atoms with Gasteiger partial charge >= 0.3 is 0 Å². The number of rotatable bonds is 1. The Morgan fingerprint density at radius 1 is 1.00 bits per heavy atom. The van der Waals surface area contributed by atoms with Crippen LogP contribution in [0.3, 0.4) is 0 Å². The molecule has 1 aliphatic rings. The Balaban J connectivity index is 1.88. The molecule has 0 saturated heterocycles. The quantitative estimate of drug-likeness (QED) is 0.802. The number of hydrogen-bond donors (Lipinski definition) is 0. The second-order valence-electron chi connectivity index (χ2n) is 3.83. The van der Waals surface area contributed by atoms with Crippen molar-refractivity contribution in [1.29, 1.82) is 0 Å². The summed E-state index contributed by atoms with van der Waals surface area (Å²) in [7, 11) is 0. The molecular weight excluding hydrogens is 266 g/mol. The second-order valence-corrected chi connectivity index (χ2v) is 4.74. The number of hydrogen-bond acceptors (Lipinski definition) is 3. The molecule has 3 rings (SSSR count). The van der Waals surface area contributed by atoms with Gasteiger partial charge in [0.2, 0.25) is 5.95 Å². The summed E-state index contributed by atoms with van der Waals surface area (Å²) in [6.45, 7) is 1.80. The van der Waals surface area contributed by atoms with Gasteiger partial charge in [0.05, 0.1) is 4.47 Å². The van der Waals surface area contributed by atoms with Crippen LogP contribution in [0.2, 0.25) is 0 Å². The van der Waals surface area contributed by atoms with Crippen molar-refractivity contribution in [3.05, 3.63) is 52.3 Å². The van der Waals surface area contributed by atoms with Gasteiger partial charge in [0.15, 0.2) is 0 Å². The van der Waals surface area contributed by atoms with Gasteiger partial charge in [-0.05, 0) is 27.1 Å². The molecule has 0 fully saturated rings. The van der Waals surface area contributed by atoms with E-state index in [1.165, 1.54) is 11.1 Å². The SMILES string of the molecule is Brc1cnc(N2Cc3ccccc3C2)nc1. The maximum atomic E-state index is 4.31. The van der Waals surface area contributed by atoms with Crippen LogP contribution in [-0.2, 0) is 13.1 Å². The van der Waals surface area contributed by atoms with Crippen LogP contribution in [0.1, 0.15) is 11.1 Å². The molecule has 3 nitrogen and oxygen atoms in total. The topological polar surface area (TPSA) is 29.0 Å². The number of anilines is 1. The lowest BCUT2D eigenvalue weighted by atomic mass is 10.1. The molecule has 4 heteroatoms. The van der Waals surface area contributed by atoms with Crippen molar-refractivity contribution in [2.75, 3.05) is 4.90 Å². The largest absolute Gasteiger partial charge is 0.332 e. The highest BCUT2D eigenvalue weighted by Crippen LogP contribution is 2.25. The zero-order valence-electron chi connectivity index (χ0n) is 8.60. The minimum absolute atomic E-state index is 0.791. The molecule has 1 aromatic heterocycles. The van der Waals surface area contributed by atoms with Gasteiger partial charge in [0, 0.05) is 25.5 Å². The number of aromatic nitrogens is 2. The van der Waals surface area contributed by atoms with Crippen LogP contribution >= 0.6 is 15.9 Å². The standard InChI is InChI=1S/C12H10BrN3/c13-11-5-14-12(15-6-11)16-7-9-3-1-2-4-10(9)8-16/h1-6H,7-8H2. The fourth-order valence-corrected chi connectivity index (χ4v) is 2.15. The van der Waals surface area contributed by atoms with E-state index in [2.05, 4.69) is 55.1 Å². The highest BCUT2D eigenvalue weighted by Gasteiger charge is 2.19. The number of halogens is 1. The molecule has 2 aromatic rings. The summed E-state index contributed by atoms with van der Waals surface area (Å²) in [5.74, 6) is 0.791. The minimum Gasteiger partial charge on any atom is -0.332 e. The van der Waals surface area contributed by atoms with Gasteiger partial charge in [-0.3, -0.25) is 0 Å². The number of fused-ring (bicyclic) bond motifs is 1. The van der Waals surface area contributed by atoms with Crippen LogP contribution in [0, 0.1) is 0 Å². The van der Waals surface area contributed by atoms with E-state index in [-0.39, 0.29) is 0 Å². The van der Waals surface area contributed by atoms with Gasteiger partial charge in [-0.15, -0.1) is 0 Å². The fourth-order valence-electron chi connectivity index (χ4n) is 1.94. The van der Waals surface area contributed by atoms with Gasteiger partial charge in [-0.25, -0.2) is 9.97 Å². The number of benzene rings is 1. The maximum Gasteiger partial charge on any atom is 0.225 e. The smallest absolute Gasteiger partial charge is 0.225 e. The summed E-state index contributed by atoms with van der Waals surface area (Å²) in [5, 5.41) is 0. The Labute approximate surface area is 102 Å². The molecular formula is C12H10BrN3. The second kappa shape index (κ2) is 3.87. The van der Waals surface area contributed by atoms with Gasteiger partial charge in [0.25, 0.3) is 0 Å². The van der Waals surface area contributed by atoms with Crippen LogP contribution in [0.25, 0.3) is 0 Å². The van der Waals surface area contributed by atoms with E-state index in [9.17, 15) is 0 Å². The minimum atomic E-state index is 0.791. The van der Waals surface area contributed by atoms with Crippen LogP contribution in [0.15, 0.2) is 41.1 Å². The Kier molecular flexibility index (Phi) is 2.36. The summed E-state index contributed by atoms with van der Waals surface area (Å²) >= 11 is 3.34. The summed E-state index contributed by atoms with van der Waals surface area (Å²) in [6, 6.07) is 8.47. The third-order valence-corrected chi connectivity index (χ3v) is 3.14. The van der Waals surface area contributed by atoms with Gasteiger partial charge in [0.1, 0.15) is 0 Å². The first-order valence-electron chi connectivity index (χ1n) is 5.12. The molecule has 0 radical (unpaired) electrons. The van der Waals surface area contributed by atoms with Crippen molar-refractivity contribution in [2.24, 2.45) is 0 Å². The molecule has 0 saturated carbocycles. The van der Waals surface area contributed by atoms with E-state index in [1.54, 1.807) is 12.4 Å². The predicted octanol–water partition coefficient (Wildman–Crippen LogP) is 2.76. The molecule has 0 bridgehead atoms. The maximum absolute atomic E-state index is 4.31.